The van der Waals surface area contributed by atoms with Gasteiger partial charge in [0.25, 0.3) is 0 Å². The average Bonchev–Trinajstić information content (AvgIpc) is 3.30. The van der Waals surface area contributed by atoms with Gasteiger partial charge in [0.1, 0.15) is 5.82 Å². The molecule has 2 aromatic heterocycles. The number of carbonyl (C=O) groups is 1. The second-order valence-electron chi connectivity index (χ2n) is 8.69. The first-order chi connectivity index (χ1) is 18.1. The summed E-state index contributed by atoms with van der Waals surface area (Å²) in [5.74, 6) is 0.366. The highest BCUT2D eigenvalue weighted by Crippen LogP contribution is 2.27. The molecule has 0 radical (unpaired) electrons. The minimum Gasteiger partial charge on any atom is -0.478 e. The molecule has 2 heterocycles. The molecule has 0 fully saturated rings. The highest BCUT2D eigenvalue weighted by molar-refractivity contribution is 7.98. The first-order valence-electron chi connectivity index (χ1n) is 12.0. The van der Waals surface area contributed by atoms with Gasteiger partial charge in [-0.1, -0.05) is 72.4 Å². The molecular formula is C29H27N5O2S. The Morgan fingerprint density at radius 3 is 2.59 bits per heavy atom. The van der Waals surface area contributed by atoms with Crippen LogP contribution in [0.3, 0.4) is 0 Å². The summed E-state index contributed by atoms with van der Waals surface area (Å²) in [6.07, 6.45) is 4.43. The lowest BCUT2D eigenvalue weighted by Gasteiger charge is -2.11. The summed E-state index contributed by atoms with van der Waals surface area (Å²) in [6, 6.07) is 25.5. The number of nitrogens with zero attached hydrogens (tertiary/aromatic N) is 3. The zero-order valence-electron chi connectivity index (χ0n) is 20.2. The number of carboxylic acid groups (broad SMARTS) is 1. The monoisotopic (exact) mass is 509 g/mol. The molecule has 8 heteroatoms. The van der Waals surface area contributed by atoms with Crippen molar-refractivity contribution in [1.82, 2.24) is 14.5 Å². The average molecular weight is 510 g/mol. The molecule has 4 N–H and O–H groups in total. The number of anilines is 2. The number of hydrogen-bond acceptors (Lipinski definition) is 6. The van der Waals surface area contributed by atoms with Crippen molar-refractivity contribution >= 4 is 40.0 Å². The number of nitrogens with one attached hydrogen (secondary N) is 1. The highest BCUT2D eigenvalue weighted by Gasteiger charge is 2.14. The number of aromatic nitrogens is 3. The molecule has 37 heavy (non-hydrogen) atoms. The first kappa shape index (κ1) is 24.4. The Labute approximate surface area is 219 Å². The first-order valence-corrected chi connectivity index (χ1v) is 13.0. The molecule has 0 bridgehead atoms. The van der Waals surface area contributed by atoms with Crippen LogP contribution in [0.15, 0.2) is 96.4 Å². The van der Waals surface area contributed by atoms with E-state index < -0.39 is 5.97 Å². The van der Waals surface area contributed by atoms with Crippen LogP contribution in [0.25, 0.3) is 10.8 Å². The van der Waals surface area contributed by atoms with Crippen LogP contribution < -0.4 is 11.1 Å². The molecule has 0 aliphatic carbocycles. The Bertz CT molecular complexity index is 1530. The fraction of sp³-hybridized carbons (Fsp3) is 0.138. The lowest BCUT2D eigenvalue weighted by molar-refractivity contribution is 0.0696. The summed E-state index contributed by atoms with van der Waals surface area (Å²) in [5.41, 5.74) is 9.61. The number of rotatable bonds is 10. The van der Waals surface area contributed by atoms with Gasteiger partial charge in [0.15, 0.2) is 5.16 Å². The highest BCUT2D eigenvalue weighted by atomic mass is 32.2. The Morgan fingerprint density at radius 1 is 0.973 bits per heavy atom. The van der Waals surface area contributed by atoms with Crippen LogP contribution in [0.1, 0.15) is 27.2 Å². The molecule has 186 valence electrons. The van der Waals surface area contributed by atoms with Crippen LogP contribution in [0, 0.1) is 0 Å². The van der Waals surface area contributed by atoms with E-state index >= 15 is 0 Å². The lowest BCUT2D eigenvalue weighted by atomic mass is 10.0. The van der Waals surface area contributed by atoms with E-state index in [0.717, 1.165) is 22.2 Å². The number of aromatic carboxylic acids is 1. The van der Waals surface area contributed by atoms with Crippen LogP contribution in [0.4, 0.5) is 11.5 Å². The van der Waals surface area contributed by atoms with Crippen molar-refractivity contribution in [3.8, 4) is 0 Å². The van der Waals surface area contributed by atoms with Crippen LogP contribution in [-0.4, -0.2) is 32.2 Å². The number of nitrogens with two attached hydrogens (primary N) is 1. The van der Waals surface area contributed by atoms with Gasteiger partial charge >= 0.3 is 5.97 Å². The van der Waals surface area contributed by atoms with E-state index in [1.807, 2.05) is 30.3 Å². The number of fused-ring (bicyclic) bond motifs is 1. The van der Waals surface area contributed by atoms with Gasteiger partial charge in [-0.3, -0.25) is 0 Å². The molecule has 5 aromatic rings. The minimum atomic E-state index is -0.918. The van der Waals surface area contributed by atoms with Crippen LogP contribution in [-0.2, 0) is 18.7 Å². The molecule has 0 saturated carbocycles. The summed E-state index contributed by atoms with van der Waals surface area (Å²) in [5, 5.41) is 16.2. The maximum atomic E-state index is 11.7. The lowest BCUT2D eigenvalue weighted by Crippen LogP contribution is -2.06. The zero-order valence-corrected chi connectivity index (χ0v) is 21.0. The van der Waals surface area contributed by atoms with Gasteiger partial charge < -0.3 is 20.7 Å². The molecule has 0 aliphatic heterocycles. The van der Waals surface area contributed by atoms with E-state index in [4.69, 9.17) is 10.7 Å². The number of benzene rings is 3. The third kappa shape index (κ3) is 5.92. The molecule has 3 aromatic carbocycles. The molecule has 5 rings (SSSR count). The molecule has 0 saturated heterocycles. The van der Waals surface area contributed by atoms with Crippen molar-refractivity contribution < 1.29 is 9.90 Å². The van der Waals surface area contributed by atoms with Crippen molar-refractivity contribution in [3.05, 3.63) is 114 Å². The van der Waals surface area contributed by atoms with Crippen LogP contribution >= 0.6 is 11.8 Å². The third-order valence-corrected chi connectivity index (χ3v) is 7.13. The molecule has 7 nitrogen and oxygen atoms in total. The topological polar surface area (TPSA) is 106 Å². The van der Waals surface area contributed by atoms with Gasteiger partial charge in [-0.25, -0.2) is 14.8 Å². The van der Waals surface area contributed by atoms with Gasteiger partial charge in [-0.15, -0.1) is 0 Å². The van der Waals surface area contributed by atoms with Crippen molar-refractivity contribution in [2.45, 2.75) is 23.9 Å². The van der Waals surface area contributed by atoms with E-state index in [1.54, 1.807) is 30.1 Å². The van der Waals surface area contributed by atoms with E-state index in [9.17, 15) is 9.90 Å². The second kappa shape index (κ2) is 11.2. The van der Waals surface area contributed by atoms with Gasteiger partial charge in [0.05, 0.1) is 29.7 Å². The SMILES string of the molecule is Nc1ccc(NCCc2cn(Cc3cccc4ccccc34)c(SCc3ccccc3C(=O)O)n2)nc1. The maximum absolute atomic E-state index is 11.7. The van der Waals surface area contributed by atoms with Gasteiger partial charge in [-0.2, -0.15) is 0 Å². The predicted octanol–water partition coefficient (Wildman–Crippen LogP) is 5.71. The Morgan fingerprint density at radius 2 is 1.76 bits per heavy atom. The number of thioether (sulfide) groups is 1. The molecule has 0 unspecified atom stereocenters. The Kier molecular flexibility index (Phi) is 7.37. The van der Waals surface area contributed by atoms with Crippen molar-refractivity contribution in [1.29, 1.82) is 0 Å². The molecule has 0 amide bonds. The maximum Gasteiger partial charge on any atom is 0.335 e. The number of hydrogen-bond donors (Lipinski definition) is 3. The quantitative estimate of drug-likeness (QED) is 0.207. The Hall–Kier alpha value is -4.30. The Balaban J connectivity index is 1.38. The number of nitrogen functional groups attached to an aromatic ring is 1. The second-order valence-corrected chi connectivity index (χ2v) is 9.63. The van der Waals surface area contributed by atoms with Gasteiger partial charge in [0, 0.05) is 24.9 Å². The fourth-order valence-corrected chi connectivity index (χ4v) is 5.24. The van der Waals surface area contributed by atoms with Crippen LogP contribution in [0.5, 0.6) is 0 Å². The summed E-state index contributed by atoms with van der Waals surface area (Å²) in [4.78, 5) is 20.9. The summed E-state index contributed by atoms with van der Waals surface area (Å²) in [6.45, 7) is 1.35. The van der Waals surface area contributed by atoms with E-state index in [-0.39, 0.29) is 0 Å². The number of carboxylic acids is 1. The zero-order chi connectivity index (χ0) is 25.6. The molecule has 0 spiro atoms. The molecule has 0 atom stereocenters. The van der Waals surface area contributed by atoms with Crippen LogP contribution in [0.2, 0.25) is 0 Å². The molecular weight excluding hydrogens is 482 g/mol. The minimum absolute atomic E-state index is 0.322. The molecule has 0 aliphatic rings. The standard InChI is InChI=1S/C29H27N5O2S/c30-23-12-13-27(32-16-23)31-15-14-24-18-34(17-21-9-5-8-20-6-1-3-10-25(20)21)29(33-24)37-19-22-7-2-4-11-26(22)28(35)36/h1-13,16,18H,14-15,17,19,30H2,(H,31,32)(H,35,36). The summed E-state index contributed by atoms with van der Waals surface area (Å²) >= 11 is 1.55. The normalized spacial score (nSPS) is 11.0. The van der Waals surface area contributed by atoms with E-state index in [2.05, 4.69) is 57.5 Å². The summed E-state index contributed by atoms with van der Waals surface area (Å²) < 4.78 is 2.16. The third-order valence-electron chi connectivity index (χ3n) is 6.09. The van der Waals surface area contributed by atoms with Crippen molar-refractivity contribution in [2.24, 2.45) is 0 Å². The smallest absolute Gasteiger partial charge is 0.335 e. The number of pyridine rings is 1. The largest absolute Gasteiger partial charge is 0.478 e. The summed E-state index contributed by atoms with van der Waals surface area (Å²) in [7, 11) is 0. The van der Waals surface area contributed by atoms with Crippen molar-refractivity contribution in [2.75, 3.05) is 17.6 Å². The van der Waals surface area contributed by atoms with E-state index in [1.165, 1.54) is 16.3 Å². The number of imidazole rings is 1. The van der Waals surface area contributed by atoms with Gasteiger partial charge in [0.2, 0.25) is 0 Å². The van der Waals surface area contributed by atoms with Gasteiger partial charge in [-0.05, 0) is 40.1 Å². The fourth-order valence-electron chi connectivity index (χ4n) is 4.24. The van der Waals surface area contributed by atoms with E-state index in [0.29, 0.717) is 36.5 Å². The predicted molar refractivity (Wildman–Crippen MR) is 149 cm³/mol. The van der Waals surface area contributed by atoms with Crippen molar-refractivity contribution in [3.63, 3.8) is 0 Å².